The monoisotopic (exact) mass is 720 g/mol. The Bertz CT molecular complexity index is 2210. The zero-order valence-electron chi connectivity index (χ0n) is 28.5. The minimum absolute atomic E-state index is 0.0418. The van der Waals surface area contributed by atoms with Gasteiger partial charge in [-0.3, -0.25) is 9.88 Å². The van der Waals surface area contributed by atoms with Gasteiger partial charge in [0.1, 0.15) is 35.2 Å². The Balaban J connectivity index is 1.05. The van der Waals surface area contributed by atoms with Crippen molar-refractivity contribution < 1.29 is 22.8 Å². The van der Waals surface area contributed by atoms with Crippen LogP contribution in [0.1, 0.15) is 37.7 Å². The molecule has 0 amide bonds. The molecule has 4 fully saturated rings. The van der Waals surface area contributed by atoms with Gasteiger partial charge >= 0.3 is 6.01 Å². The molecular weight excluding hydrogens is 683 g/mol. The fourth-order valence-electron chi connectivity index (χ4n) is 8.94. The molecule has 6 heterocycles. The molecule has 9 rings (SSSR count). The van der Waals surface area contributed by atoms with Crippen LogP contribution in [0.15, 0.2) is 65.7 Å². The number of ether oxygens (including phenoxy) is 2. The van der Waals surface area contributed by atoms with E-state index in [1.165, 1.54) is 6.07 Å². The third kappa shape index (κ3) is 5.90. The zero-order valence-corrected chi connectivity index (χ0v) is 29.3. The normalized spacial score (nSPS) is 24.0. The van der Waals surface area contributed by atoms with Crippen molar-refractivity contribution >= 4 is 39.5 Å². The fourth-order valence-corrected chi connectivity index (χ4v) is 9.20. The summed E-state index contributed by atoms with van der Waals surface area (Å²) in [5.74, 6) is 2.97. The van der Waals surface area contributed by atoms with Gasteiger partial charge in [-0.05, 0) is 74.4 Å². The number of anilines is 1. The first kappa shape index (κ1) is 33.3. The van der Waals surface area contributed by atoms with Gasteiger partial charge in [0.15, 0.2) is 5.82 Å². The highest BCUT2D eigenvalue weighted by Gasteiger charge is 2.49. The molecule has 0 spiro atoms. The lowest BCUT2D eigenvalue weighted by Gasteiger charge is -2.34. The van der Waals surface area contributed by atoms with Crippen molar-refractivity contribution in [1.82, 2.24) is 25.2 Å². The molecule has 4 saturated heterocycles. The van der Waals surface area contributed by atoms with Gasteiger partial charge in [-0.15, -0.1) is 6.42 Å². The van der Waals surface area contributed by atoms with E-state index in [1.54, 1.807) is 24.4 Å². The Morgan fingerprint density at radius 3 is 2.63 bits per heavy atom. The summed E-state index contributed by atoms with van der Waals surface area (Å²) in [5, 5.41) is 5.29. The van der Waals surface area contributed by atoms with Crippen LogP contribution >= 0.6 is 12.0 Å². The number of hydrogen-bond donors (Lipinski definition) is 2. The fraction of sp³-hybridized carbons (Fsp3) is 0.375. The molecule has 4 unspecified atom stereocenters. The predicted octanol–water partition coefficient (Wildman–Crippen LogP) is 6.92. The van der Waals surface area contributed by atoms with Crippen LogP contribution in [0.25, 0.3) is 32.9 Å². The van der Waals surface area contributed by atoms with Gasteiger partial charge in [0.2, 0.25) is 0 Å². The standard InChI is InChI=1S/C40H38F2N6O3S/c1-2-30-33(41)14-7-25-5-3-6-31(34(25)30)36-35(42)37-32(18-43-36)38(47-20-26-8-9-27(21-47)44-26)46-39(45-37)51-23-40-15-4-16-48(40)19-24(17-40)22-50-28-10-12-29(52-49)13-11-28/h1,3,5-7,10-14,18,24,26-27,44,49H,4,8-9,15-17,19-23H2. The van der Waals surface area contributed by atoms with E-state index in [9.17, 15) is 8.94 Å². The maximum absolute atomic E-state index is 17.0. The molecule has 0 saturated carbocycles. The van der Waals surface area contributed by atoms with E-state index in [0.717, 1.165) is 68.9 Å². The van der Waals surface area contributed by atoms with Crippen LogP contribution < -0.4 is 19.7 Å². The van der Waals surface area contributed by atoms with E-state index >= 15 is 4.39 Å². The van der Waals surface area contributed by atoms with Crippen LogP contribution in [0, 0.1) is 29.9 Å². The molecular formula is C40H38F2N6O3S. The Morgan fingerprint density at radius 1 is 1.02 bits per heavy atom. The highest BCUT2D eigenvalue weighted by atomic mass is 32.2. The average Bonchev–Trinajstić information content (AvgIpc) is 3.84. The van der Waals surface area contributed by atoms with Gasteiger partial charge in [0.05, 0.1) is 23.1 Å². The van der Waals surface area contributed by atoms with Crippen molar-refractivity contribution in [1.29, 1.82) is 0 Å². The predicted molar refractivity (Wildman–Crippen MR) is 198 cm³/mol. The van der Waals surface area contributed by atoms with Gasteiger partial charge in [-0.25, -0.2) is 8.78 Å². The molecule has 12 heteroatoms. The number of pyridine rings is 1. The second-order valence-corrected chi connectivity index (χ2v) is 15.2. The Hall–Kier alpha value is -4.54. The molecule has 4 aliphatic rings. The molecule has 0 radical (unpaired) electrons. The van der Waals surface area contributed by atoms with Gasteiger partial charge in [-0.2, -0.15) is 9.97 Å². The molecule has 5 aromatic rings. The van der Waals surface area contributed by atoms with E-state index < -0.39 is 11.6 Å². The summed E-state index contributed by atoms with van der Waals surface area (Å²) in [5.41, 5.74) is 0.418. The highest BCUT2D eigenvalue weighted by molar-refractivity contribution is 7.93. The van der Waals surface area contributed by atoms with E-state index in [2.05, 4.69) is 26.0 Å². The van der Waals surface area contributed by atoms with Crippen LogP contribution in [0.2, 0.25) is 0 Å². The molecule has 52 heavy (non-hydrogen) atoms. The summed E-state index contributed by atoms with van der Waals surface area (Å²) >= 11 is 0.715. The van der Waals surface area contributed by atoms with Crippen molar-refractivity contribution in [3.8, 4) is 35.4 Å². The number of halogens is 2. The van der Waals surface area contributed by atoms with Crippen molar-refractivity contribution in [2.45, 2.75) is 54.6 Å². The lowest BCUT2D eigenvalue weighted by molar-refractivity contribution is 0.107. The molecule has 9 nitrogen and oxygen atoms in total. The Morgan fingerprint density at radius 2 is 1.85 bits per heavy atom. The number of piperazine rings is 1. The smallest absolute Gasteiger partial charge is 0.319 e. The number of nitrogens with one attached hydrogen (secondary N) is 1. The summed E-state index contributed by atoms with van der Waals surface area (Å²) in [6.45, 7) is 4.30. The molecule has 4 aliphatic heterocycles. The minimum atomic E-state index is -0.631. The number of nitrogens with zero attached hydrogens (tertiary/aromatic N) is 5. The number of fused-ring (bicyclic) bond motifs is 5. The maximum atomic E-state index is 17.0. The quantitative estimate of drug-likeness (QED) is 0.123. The SMILES string of the molecule is C#Cc1c(F)ccc2cccc(-c3ncc4c(N5CC6CCC(C5)N6)nc(OCC56CCCN5CC(COc5ccc(SO)cc5)C6)nc4c3F)c12. The number of rotatable bonds is 9. The van der Waals surface area contributed by atoms with Crippen molar-refractivity contribution in [3.05, 3.63) is 78.0 Å². The average molecular weight is 721 g/mol. The summed E-state index contributed by atoms with van der Waals surface area (Å²) in [6.07, 6.45) is 12.5. The Labute approximate surface area is 305 Å². The number of benzene rings is 3. The van der Waals surface area contributed by atoms with Crippen LogP contribution in [0.5, 0.6) is 11.8 Å². The largest absolute Gasteiger partial charge is 0.493 e. The molecule has 2 bridgehead atoms. The van der Waals surface area contributed by atoms with E-state index in [-0.39, 0.29) is 28.3 Å². The van der Waals surface area contributed by atoms with Crippen molar-refractivity contribution in [3.63, 3.8) is 0 Å². The third-order valence-electron chi connectivity index (χ3n) is 11.3. The molecule has 4 atom stereocenters. The lowest BCUT2D eigenvalue weighted by Crippen LogP contribution is -2.51. The second kappa shape index (κ2) is 13.5. The van der Waals surface area contributed by atoms with Gasteiger partial charge in [-0.1, -0.05) is 30.2 Å². The highest BCUT2D eigenvalue weighted by Crippen LogP contribution is 2.43. The van der Waals surface area contributed by atoms with E-state index in [1.807, 2.05) is 30.3 Å². The maximum Gasteiger partial charge on any atom is 0.319 e. The topological polar surface area (TPSA) is 95.9 Å². The van der Waals surface area contributed by atoms with E-state index in [4.69, 9.17) is 25.9 Å². The lowest BCUT2D eigenvalue weighted by atomic mass is 9.91. The first-order chi connectivity index (χ1) is 25.4. The number of terminal acetylenes is 1. The number of hydrogen-bond acceptors (Lipinski definition) is 10. The van der Waals surface area contributed by atoms with Crippen LogP contribution in [-0.4, -0.2) is 81.4 Å². The summed E-state index contributed by atoms with van der Waals surface area (Å²) < 4.78 is 53.8. The van der Waals surface area contributed by atoms with E-state index in [0.29, 0.717) is 70.8 Å². The molecule has 2 N–H and O–H groups in total. The molecule has 0 aliphatic carbocycles. The summed E-state index contributed by atoms with van der Waals surface area (Å²) in [4.78, 5) is 19.8. The van der Waals surface area contributed by atoms with Crippen molar-refractivity contribution in [2.75, 3.05) is 44.3 Å². The van der Waals surface area contributed by atoms with Gasteiger partial charge in [0, 0.05) is 71.7 Å². The summed E-state index contributed by atoms with van der Waals surface area (Å²) in [7, 11) is 0. The van der Waals surface area contributed by atoms with Crippen LogP contribution in [0.3, 0.4) is 0 Å². The Kier molecular flexibility index (Phi) is 8.62. The third-order valence-corrected chi connectivity index (χ3v) is 11.8. The van der Waals surface area contributed by atoms with Crippen molar-refractivity contribution in [2.24, 2.45) is 5.92 Å². The first-order valence-corrected chi connectivity index (χ1v) is 18.7. The molecule has 2 aromatic heterocycles. The second-order valence-electron chi connectivity index (χ2n) is 14.5. The zero-order chi connectivity index (χ0) is 35.4. The molecule has 266 valence electrons. The van der Waals surface area contributed by atoms with Gasteiger partial charge < -0.3 is 24.2 Å². The summed E-state index contributed by atoms with van der Waals surface area (Å²) in [6, 6.07) is 16.5. The van der Waals surface area contributed by atoms with Gasteiger partial charge in [0.25, 0.3) is 0 Å². The first-order valence-electron chi connectivity index (χ1n) is 17.9. The van der Waals surface area contributed by atoms with Crippen LogP contribution in [-0.2, 0) is 0 Å². The minimum Gasteiger partial charge on any atom is -0.493 e. The molecule has 3 aromatic carbocycles. The number of aromatic nitrogens is 3. The van der Waals surface area contributed by atoms with Crippen LogP contribution in [0.4, 0.5) is 14.6 Å².